The van der Waals surface area contributed by atoms with Gasteiger partial charge in [0, 0.05) is 11.8 Å². The molecule has 0 saturated carbocycles. The molecule has 1 atom stereocenters. The molecule has 7 heteroatoms. The lowest BCUT2D eigenvalue weighted by Gasteiger charge is -2.26. The molecular weight excluding hydrogens is 312 g/mol. The van der Waals surface area contributed by atoms with Crippen molar-refractivity contribution in [3.8, 4) is 23.0 Å². The monoisotopic (exact) mass is 328 g/mol. The van der Waals surface area contributed by atoms with Crippen LogP contribution in [0, 0.1) is 0 Å². The Morgan fingerprint density at radius 3 is 2.71 bits per heavy atom. The summed E-state index contributed by atoms with van der Waals surface area (Å²) in [6, 6.07) is 12.4. The number of nitrogens with one attached hydrogen (secondary N) is 2. The SMILES string of the molecule is O=C(NC[C@H]1COc2ccccc2O1)Nc1ccc2c(c1)OCO2. The van der Waals surface area contributed by atoms with Gasteiger partial charge in [-0.25, -0.2) is 4.79 Å². The second kappa shape index (κ2) is 6.19. The Labute approximate surface area is 138 Å². The summed E-state index contributed by atoms with van der Waals surface area (Å²) in [5.41, 5.74) is 0.628. The number of hydrogen-bond donors (Lipinski definition) is 2. The number of urea groups is 1. The van der Waals surface area contributed by atoms with E-state index in [0.29, 0.717) is 36.1 Å². The molecule has 0 aliphatic carbocycles. The Morgan fingerprint density at radius 2 is 1.79 bits per heavy atom. The average Bonchev–Trinajstić information content (AvgIpc) is 3.07. The van der Waals surface area contributed by atoms with E-state index in [2.05, 4.69) is 10.6 Å². The fourth-order valence-electron chi connectivity index (χ4n) is 2.52. The molecule has 0 fully saturated rings. The first-order valence-electron chi connectivity index (χ1n) is 7.61. The molecule has 0 aromatic heterocycles. The second-order valence-electron chi connectivity index (χ2n) is 5.40. The third kappa shape index (κ3) is 3.01. The maximum atomic E-state index is 12.0. The van der Waals surface area contributed by atoms with Crippen molar-refractivity contribution in [3.05, 3.63) is 42.5 Å². The smallest absolute Gasteiger partial charge is 0.319 e. The number of rotatable bonds is 3. The van der Waals surface area contributed by atoms with Gasteiger partial charge < -0.3 is 29.6 Å². The molecule has 2 aromatic carbocycles. The number of carbonyl (C=O) groups excluding carboxylic acids is 1. The van der Waals surface area contributed by atoms with Gasteiger partial charge in [-0.15, -0.1) is 0 Å². The number of benzene rings is 2. The lowest BCUT2D eigenvalue weighted by atomic mass is 10.2. The highest BCUT2D eigenvalue weighted by atomic mass is 16.7. The molecule has 2 aliphatic rings. The molecule has 0 spiro atoms. The van der Waals surface area contributed by atoms with E-state index < -0.39 is 0 Å². The number of hydrogen-bond acceptors (Lipinski definition) is 5. The number of fused-ring (bicyclic) bond motifs is 2. The van der Waals surface area contributed by atoms with Crippen LogP contribution in [0.2, 0.25) is 0 Å². The lowest BCUT2D eigenvalue weighted by molar-refractivity contribution is 0.0922. The van der Waals surface area contributed by atoms with Crippen LogP contribution in [0.3, 0.4) is 0 Å². The quantitative estimate of drug-likeness (QED) is 0.904. The zero-order chi connectivity index (χ0) is 16.4. The molecule has 24 heavy (non-hydrogen) atoms. The highest BCUT2D eigenvalue weighted by molar-refractivity contribution is 5.89. The molecule has 0 unspecified atom stereocenters. The molecular formula is C17H16N2O5. The minimum atomic E-state index is -0.323. The van der Waals surface area contributed by atoms with Crippen molar-refractivity contribution in [2.24, 2.45) is 0 Å². The Balaban J connectivity index is 1.30. The van der Waals surface area contributed by atoms with E-state index in [1.165, 1.54) is 0 Å². The Morgan fingerprint density at radius 1 is 1.00 bits per heavy atom. The van der Waals surface area contributed by atoms with Crippen LogP contribution >= 0.6 is 0 Å². The molecule has 4 rings (SSSR count). The zero-order valence-corrected chi connectivity index (χ0v) is 12.8. The van der Waals surface area contributed by atoms with Gasteiger partial charge in [0.1, 0.15) is 6.61 Å². The number of para-hydroxylation sites is 2. The molecule has 2 amide bonds. The van der Waals surface area contributed by atoms with E-state index in [1.807, 2.05) is 24.3 Å². The van der Waals surface area contributed by atoms with Crippen molar-refractivity contribution in [1.82, 2.24) is 5.32 Å². The summed E-state index contributed by atoms with van der Waals surface area (Å²) < 4.78 is 21.9. The van der Waals surface area contributed by atoms with Crippen molar-refractivity contribution in [3.63, 3.8) is 0 Å². The largest absolute Gasteiger partial charge is 0.486 e. The van der Waals surface area contributed by atoms with Crippen molar-refractivity contribution >= 4 is 11.7 Å². The van der Waals surface area contributed by atoms with Gasteiger partial charge in [-0.1, -0.05) is 12.1 Å². The minimum absolute atomic E-state index is 0.200. The molecule has 2 heterocycles. The Hall–Kier alpha value is -3.09. The van der Waals surface area contributed by atoms with Crippen LogP contribution in [0.5, 0.6) is 23.0 Å². The highest BCUT2D eigenvalue weighted by Crippen LogP contribution is 2.34. The maximum Gasteiger partial charge on any atom is 0.319 e. The van der Waals surface area contributed by atoms with Crippen LogP contribution in [-0.2, 0) is 0 Å². The van der Waals surface area contributed by atoms with E-state index >= 15 is 0 Å². The van der Waals surface area contributed by atoms with Crippen LogP contribution in [-0.4, -0.2) is 32.1 Å². The third-order valence-corrected chi connectivity index (χ3v) is 3.69. The predicted octanol–water partition coefficient (Wildman–Crippen LogP) is 2.38. The Kier molecular flexibility index (Phi) is 3.74. The van der Waals surface area contributed by atoms with Gasteiger partial charge in [0.25, 0.3) is 0 Å². The zero-order valence-electron chi connectivity index (χ0n) is 12.8. The van der Waals surface area contributed by atoms with Crippen LogP contribution in [0.1, 0.15) is 0 Å². The van der Waals surface area contributed by atoms with Crippen LogP contribution in [0.25, 0.3) is 0 Å². The number of amides is 2. The van der Waals surface area contributed by atoms with Gasteiger partial charge in [-0.3, -0.25) is 0 Å². The molecule has 0 bridgehead atoms. The molecule has 0 radical (unpaired) electrons. The van der Waals surface area contributed by atoms with Crippen molar-refractivity contribution in [1.29, 1.82) is 0 Å². The van der Waals surface area contributed by atoms with Gasteiger partial charge in [-0.05, 0) is 24.3 Å². The Bertz CT molecular complexity index is 764. The first-order chi connectivity index (χ1) is 11.8. The highest BCUT2D eigenvalue weighted by Gasteiger charge is 2.21. The van der Waals surface area contributed by atoms with Gasteiger partial charge >= 0.3 is 6.03 Å². The van der Waals surface area contributed by atoms with E-state index in [4.69, 9.17) is 18.9 Å². The summed E-state index contributed by atoms with van der Waals surface area (Å²) in [6.45, 7) is 0.928. The first-order valence-corrected chi connectivity index (χ1v) is 7.61. The van der Waals surface area contributed by atoms with Crippen molar-refractivity contribution in [2.45, 2.75) is 6.10 Å². The molecule has 0 saturated heterocycles. The van der Waals surface area contributed by atoms with Gasteiger partial charge in [0.15, 0.2) is 29.1 Å². The minimum Gasteiger partial charge on any atom is -0.486 e. The van der Waals surface area contributed by atoms with Crippen LogP contribution in [0.15, 0.2) is 42.5 Å². The van der Waals surface area contributed by atoms with Gasteiger partial charge in [0.2, 0.25) is 6.79 Å². The molecule has 2 N–H and O–H groups in total. The van der Waals surface area contributed by atoms with E-state index in [9.17, 15) is 4.79 Å². The van der Waals surface area contributed by atoms with Crippen molar-refractivity contribution < 1.29 is 23.7 Å². The second-order valence-corrected chi connectivity index (χ2v) is 5.40. The van der Waals surface area contributed by atoms with Gasteiger partial charge in [0.05, 0.1) is 6.54 Å². The van der Waals surface area contributed by atoms with Crippen LogP contribution < -0.4 is 29.6 Å². The summed E-state index contributed by atoms with van der Waals surface area (Å²) in [6.07, 6.45) is -0.234. The summed E-state index contributed by atoms with van der Waals surface area (Å²) in [5.74, 6) is 2.70. The summed E-state index contributed by atoms with van der Waals surface area (Å²) in [7, 11) is 0. The number of ether oxygens (including phenoxy) is 4. The molecule has 2 aliphatic heterocycles. The first kappa shape index (κ1) is 14.5. The lowest BCUT2D eigenvalue weighted by Crippen LogP contribution is -2.42. The summed E-state index contributed by atoms with van der Waals surface area (Å²) >= 11 is 0. The van der Waals surface area contributed by atoms with Crippen molar-refractivity contribution in [2.75, 3.05) is 25.3 Å². The van der Waals surface area contributed by atoms with Gasteiger partial charge in [-0.2, -0.15) is 0 Å². The molecule has 2 aromatic rings. The van der Waals surface area contributed by atoms with Crippen LogP contribution in [0.4, 0.5) is 10.5 Å². The standard InChI is InChI=1S/C17H16N2O5/c20-17(19-11-5-6-14-16(7-11)23-10-22-14)18-8-12-9-21-13-3-1-2-4-15(13)24-12/h1-7,12H,8-10H2,(H2,18,19,20)/t12-/m0/s1. The van der Waals surface area contributed by atoms with E-state index in [0.717, 1.165) is 5.75 Å². The normalized spacial score (nSPS) is 17.2. The molecule has 124 valence electrons. The summed E-state index contributed by atoms with van der Waals surface area (Å²) in [5, 5.41) is 5.52. The van der Waals surface area contributed by atoms with E-state index in [-0.39, 0.29) is 18.9 Å². The topological polar surface area (TPSA) is 78.1 Å². The third-order valence-electron chi connectivity index (χ3n) is 3.69. The summed E-state index contributed by atoms with van der Waals surface area (Å²) in [4.78, 5) is 12.0. The fraction of sp³-hybridized carbons (Fsp3) is 0.235. The van der Waals surface area contributed by atoms with E-state index in [1.54, 1.807) is 18.2 Å². The molecule has 7 nitrogen and oxygen atoms in total. The average molecular weight is 328 g/mol. The maximum absolute atomic E-state index is 12.0. The predicted molar refractivity (Wildman–Crippen MR) is 85.9 cm³/mol. The number of anilines is 1. The fourth-order valence-corrected chi connectivity index (χ4v) is 2.52. The number of carbonyl (C=O) groups is 1.